The Hall–Kier alpha value is -0.980. The molecule has 1 aliphatic carbocycles. The molecule has 1 heterocycles. The molecule has 2 rings (SSSR count). The Bertz CT molecular complexity index is 371. The quantitative estimate of drug-likeness (QED) is 0.782. The molecule has 0 aliphatic heterocycles. The molecule has 1 aromatic heterocycles. The van der Waals surface area contributed by atoms with Crippen molar-refractivity contribution in [3.63, 3.8) is 0 Å². The van der Waals surface area contributed by atoms with Gasteiger partial charge < -0.3 is 19.7 Å². The molecule has 1 unspecified atom stereocenters. The Morgan fingerprint density at radius 2 is 2.28 bits per heavy atom. The molecular formula is C12H21N3O3. The maximum atomic E-state index is 5.62. The van der Waals surface area contributed by atoms with Gasteiger partial charge in [0.2, 0.25) is 11.7 Å². The van der Waals surface area contributed by atoms with E-state index in [2.05, 4.69) is 10.1 Å². The fraction of sp³-hybridized carbons (Fsp3) is 0.833. The molecule has 0 radical (unpaired) electrons. The number of hydrogen-bond donors (Lipinski definition) is 1. The van der Waals surface area contributed by atoms with Crippen molar-refractivity contribution >= 4 is 0 Å². The Labute approximate surface area is 107 Å². The molecule has 2 N–H and O–H groups in total. The summed E-state index contributed by atoms with van der Waals surface area (Å²) in [7, 11) is 1.69. The lowest BCUT2D eigenvalue weighted by Gasteiger charge is -2.37. The van der Waals surface area contributed by atoms with Crippen LogP contribution in [0.1, 0.15) is 37.9 Å². The number of hydrogen-bond acceptors (Lipinski definition) is 6. The summed E-state index contributed by atoms with van der Waals surface area (Å²) in [5, 5.41) is 4.02. The van der Waals surface area contributed by atoms with Crippen LogP contribution in [-0.2, 0) is 21.5 Å². The maximum Gasteiger partial charge on any atom is 0.229 e. The zero-order valence-electron chi connectivity index (χ0n) is 11.0. The lowest BCUT2D eigenvalue weighted by Crippen LogP contribution is -2.37. The van der Waals surface area contributed by atoms with Crippen LogP contribution in [0.2, 0.25) is 0 Å². The molecular weight excluding hydrogens is 234 g/mol. The minimum absolute atomic E-state index is 0.0665. The van der Waals surface area contributed by atoms with Crippen molar-refractivity contribution < 1.29 is 14.0 Å². The van der Waals surface area contributed by atoms with Gasteiger partial charge in [0.15, 0.2) is 0 Å². The number of nitrogens with two attached hydrogens (primary N) is 1. The third kappa shape index (κ3) is 2.55. The van der Waals surface area contributed by atoms with Crippen LogP contribution in [0.5, 0.6) is 0 Å². The monoisotopic (exact) mass is 255 g/mol. The van der Waals surface area contributed by atoms with Crippen molar-refractivity contribution in [2.45, 2.75) is 44.3 Å². The topological polar surface area (TPSA) is 83.4 Å². The first-order valence-corrected chi connectivity index (χ1v) is 6.44. The average Bonchev–Trinajstić information content (AvgIpc) is 2.77. The summed E-state index contributed by atoms with van der Waals surface area (Å²) >= 11 is 0. The van der Waals surface area contributed by atoms with E-state index in [1.54, 1.807) is 7.11 Å². The molecule has 0 aromatic carbocycles. The molecule has 6 nitrogen and oxygen atoms in total. The highest BCUT2D eigenvalue weighted by molar-refractivity contribution is 5.06. The lowest BCUT2D eigenvalue weighted by molar-refractivity contribution is -0.0858. The summed E-state index contributed by atoms with van der Waals surface area (Å²) in [4.78, 5) is 4.41. The number of rotatable bonds is 7. The zero-order valence-corrected chi connectivity index (χ0v) is 11.0. The first kappa shape index (κ1) is 13.5. The average molecular weight is 255 g/mol. The second-order valence-corrected chi connectivity index (χ2v) is 4.58. The van der Waals surface area contributed by atoms with E-state index < -0.39 is 0 Å². The molecule has 0 spiro atoms. The smallest absolute Gasteiger partial charge is 0.229 e. The minimum atomic E-state index is -0.328. The third-order valence-corrected chi connectivity index (χ3v) is 3.50. The lowest BCUT2D eigenvalue weighted by atomic mass is 9.79. The van der Waals surface area contributed by atoms with Gasteiger partial charge in [0, 0.05) is 20.3 Å². The van der Waals surface area contributed by atoms with Crippen LogP contribution in [0, 0.1) is 0 Å². The molecule has 6 heteroatoms. The molecule has 1 saturated carbocycles. The number of methoxy groups -OCH3 is 1. The van der Waals surface area contributed by atoms with E-state index in [9.17, 15) is 0 Å². The molecule has 1 aromatic rings. The summed E-state index contributed by atoms with van der Waals surface area (Å²) < 4.78 is 16.2. The van der Waals surface area contributed by atoms with Crippen LogP contribution in [0.3, 0.4) is 0 Å². The van der Waals surface area contributed by atoms with Gasteiger partial charge >= 0.3 is 0 Å². The van der Waals surface area contributed by atoms with E-state index in [-0.39, 0.29) is 11.7 Å². The number of nitrogens with zero attached hydrogens (tertiary/aromatic N) is 2. The molecule has 18 heavy (non-hydrogen) atoms. The fourth-order valence-electron chi connectivity index (χ4n) is 2.18. The van der Waals surface area contributed by atoms with Gasteiger partial charge in [-0.05, 0) is 26.2 Å². The normalized spacial score (nSPS) is 19.5. The van der Waals surface area contributed by atoms with Gasteiger partial charge in [0.05, 0.1) is 12.5 Å². The maximum absolute atomic E-state index is 5.62. The first-order chi connectivity index (χ1) is 8.74. The first-order valence-electron chi connectivity index (χ1n) is 6.44. The van der Waals surface area contributed by atoms with E-state index in [1.165, 1.54) is 0 Å². The van der Waals surface area contributed by atoms with Gasteiger partial charge in [-0.25, -0.2) is 0 Å². The van der Waals surface area contributed by atoms with Crippen molar-refractivity contribution in [2.75, 3.05) is 20.3 Å². The predicted octanol–water partition coefficient (Wildman–Crippen LogP) is 1.00. The van der Waals surface area contributed by atoms with Crippen LogP contribution in [0.25, 0.3) is 0 Å². The Balaban J connectivity index is 2.01. The Morgan fingerprint density at radius 3 is 2.78 bits per heavy atom. The second kappa shape index (κ2) is 5.77. The standard InChI is InChI=1S/C12H21N3O3/c1-3-17-9(8-13)7-10-14-11(15-18-10)12(16-2)5-4-6-12/h9H,3-8,13H2,1-2H3. The van der Waals surface area contributed by atoms with Crippen LogP contribution in [0.15, 0.2) is 4.52 Å². The molecule has 1 aliphatic rings. The van der Waals surface area contributed by atoms with E-state index >= 15 is 0 Å². The van der Waals surface area contributed by atoms with E-state index in [4.69, 9.17) is 19.7 Å². The SMILES string of the molecule is CCOC(CN)Cc1nc(C2(OC)CCC2)no1. The Kier molecular flexibility index (Phi) is 4.31. The van der Waals surface area contributed by atoms with Crippen molar-refractivity contribution in [2.24, 2.45) is 5.73 Å². The highest BCUT2D eigenvalue weighted by Gasteiger charge is 2.43. The highest BCUT2D eigenvalue weighted by atomic mass is 16.5. The van der Waals surface area contributed by atoms with Gasteiger partial charge in [-0.2, -0.15) is 4.98 Å². The van der Waals surface area contributed by atoms with E-state index in [1.807, 2.05) is 6.92 Å². The third-order valence-electron chi connectivity index (χ3n) is 3.50. The van der Waals surface area contributed by atoms with Crippen LogP contribution in [0.4, 0.5) is 0 Å². The minimum Gasteiger partial charge on any atom is -0.377 e. The second-order valence-electron chi connectivity index (χ2n) is 4.58. The van der Waals surface area contributed by atoms with Crippen molar-refractivity contribution in [1.82, 2.24) is 10.1 Å². The van der Waals surface area contributed by atoms with Crippen molar-refractivity contribution in [3.8, 4) is 0 Å². The Morgan fingerprint density at radius 1 is 1.50 bits per heavy atom. The predicted molar refractivity (Wildman–Crippen MR) is 65.0 cm³/mol. The van der Waals surface area contributed by atoms with Crippen LogP contribution >= 0.6 is 0 Å². The van der Waals surface area contributed by atoms with Gasteiger partial charge in [0.25, 0.3) is 0 Å². The summed E-state index contributed by atoms with van der Waals surface area (Å²) in [6.45, 7) is 3.02. The molecule has 0 amide bonds. The fourth-order valence-corrected chi connectivity index (χ4v) is 2.18. The summed E-state index contributed by atoms with van der Waals surface area (Å²) in [6, 6.07) is 0. The van der Waals surface area contributed by atoms with Crippen molar-refractivity contribution in [3.05, 3.63) is 11.7 Å². The van der Waals surface area contributed by atoms with Crippen LogP contribution in [-0.4, -0.2) is 36.5 Å². The van der Waals surface area contributed by atoms with Gasteiger partial charge in [0.1, 0.15) is 5.60 Å². The molecule has 0 bridgehead atoms. The molecule has 1 fully saturated rings. The molecule has 1 atom stereocenters. The summed E-state index contributed by atoms with van der Waals surface area (Å²) in [5.74, 6) is 1.22. The summed E-state index contributed by atoms with van der Waals surface area (Å²) in [5.41, 5.74) is 5.30. The summed E-state index contributed by atoms with van der Waals surface area (Å²) in [6.07, 6.45) is 3.53. The highest BCUT2D eigenvalue weighted by Crippen LogP contribution is 2.42. The van der Waals surface area contributed by atoms with Crippen LogP contribution < -0.4 is 5.73 Å². The van der Waals surface area contributed by atoms with Gasteiger partial charge in [-0.3, -0.25) is 0 Å². The van der Waals surface area contributed by atoms with Gasteiger partial charge in [-0.15, -0.1) is 0 Å². The van der Waals surface area contributed by atoms with E-state index in [0.29, 0.717) is 31.3 Å². The van der Waals surface area contributed by atoms with Gasteiger partial charge in [-0.1, -0.05) is 5.16 Å². The number of aromatic nitrogens is 2. The largest absolute Gasteiger partial charge is 0.377 e. The number of ether oxygens (including phenoxy) is 2. The molecule has 102 valence electrons. The van der Waals surface area contributed by atoms with E-state index in [0.717, 1.165) is 19.3 Å². The van der Waals surface area contributed by atoms with Crippen molar-refractivity contribution in [1.29, 1.82) is 0 Å². The zero-order chi connectivity index (χ0) is 13.0. The molecule has 0 saturated heterocycles.